The molecule has 0 heterocycles. The van der Waals surface area contributed by atoms with Gasteiger partial charge in [0.15, 0.2) is 0 Å². The summed E-state index contributed by atoms with van der Waals surface area (Å²) in [6.07, 6.45) is 0. The van der Waals surface area contributed by atoms with Gasteiger partial charge in [0, 0.05) is 0 Å². The molecule has 18 valence electrons. The van der Waals surface area contributed by atoms with Gasteiger partial charge in [-0.05, 0) is 0 Å². The summed E-state index contributed by atoms with van der Waals surface area (Å²) in [4.78, 5) is 0. The fraction of sp³-hybridized carbons (Fsp3) is 0. The minimum Gasteiger partial charge on any atom is -0.896 e. The third-order valence-corrected chi connectivity index (χ3v) is 0. The normalized spacial score (nSPS) is 2.80. The molecule has 0 saturated heterocycles. The quantitative estimate of drug-likeness (QED) is 0.277. The minimum absolute atomic E-state index is 0. The first kappa shape index (κ1) is 15.8. The van der Waals surface area contributed by atoms with Crippen molar-refractivity contribution in [3.05, 3.63) is 0 Å². The van der Waals surface area contributed by atoms with E-state index < -0.39 is 7.69 Å². The second-order valence-electron chi connectivity index (χ2n) is 0.118. The van der Waals surface area contributed by atoms with Gasteiger partial charge in [-0.2, -0.15) is 0 Å². The molecular formula is HBNa2O2. The van der Waals surface area contributed by atoms with Crippen LogP contribution in [0.1, 0.15) is 0 Å². The summed E-state index contributed by atoms with van der Waals surface area (Å²) in [6.45, 7) is 0. The Morgan fingerprint density at radius 1 is 1.00 bits per heavy atom. The molecular weight excluding hydrogens is 88.8 g/mol. The zero-order chi connectivity index (χ0) is 2.71. The van der Waals surface area contributed by atoms with E-state index in [0.717, 1.165) is 0 Å². The predicted octanol–water partition coefficient (Wildman–Crippen LogP) is -9.02. The molecule has 0 aliphatic heterocycles. The van der Waals surface area contributed by atoms with Gasteiger partial charge >= 0.3 is 59.1 Å². The van der Waals surface area contributed by atoms with Gasteiger partial charge in [-0.25, -0.2) is 0 Å². The Labute approximate surface area is 75.8 Å². The van der Waals surface area contributed by atoms with Gasteiger partial charge < -0.3 is 10.0 Å². The second-order valence-corrected chi connectivity index (χ2v) is 0.118. The molecule has 0 radical (unpaired) electrons. The summed E-state index contributed by atoms with van der Waals surface area (Å²) in [5.74, 6) is 0. The largest absolute Gasteiger partial charge is 1.00 e. The van der Waals surface area contributed by atoms with Crippen molar-refractivity contribution < 1.29 is 69.2 Å². The third kappa shape index (κ3) is 24.1. The molecule has 0 aromatic heterocycles. The van der Waals surface area contributed by atoms with Crippen LogP contribution in [0.3, 0.4) is 0 Å². The summed E-state index contributed by atoms with van der Waals surface area (Å²) >= 11 is 0. The Morgan fingerprint density at radius 2 is 1.00 bits per heavy atom. The van der Waals surface area contributed by atoms with E-state index in [1.807, 2.05) is 0 Å². The Hall–Kier alpha value is 1.98. The van der Waals surface area contributed by atoms with E-state index in [-0.39, 0.29) is 59.1 Å². The van der Waals surface area contributed by atoms with Crippen LogP contribution in [-0.2, 0) is 0 Å². The summed E-state index contributed by atoms with van der Waals surface area (Å²) in [5.41, 5.74) is 0. The van der Waals surface area contributed by atoms with Gasteiger partial charge in [0.1, 0.15) is 0 Å². The van der Waals surface area contributed by atoms with E-state index in [4.69, 9.17) is 10.0 Å². The molecule has 0 unspecified atom stereocenters. The zero-order valence-electron chi connectivity index (χ0n) is 3.52. The van der Waals surface area contributed by atoms with Crippen molar-refractivity contribution in [2.45, 2.75) is 0 Å². The average molecular weight is 89.8 g/mol. The van der Waals surface area contributed by atoms with Crippen LogP contribution in [0.25, 0.3) is 0 Å². The summed E-state index contributed by atoms with van der Waals surface area (Å²) in [7, 11) is -1.25. The van der Waals surface area contributed by atoms with E-state index in [1.54, 1.807) is 0 Å². The smallest absolute Gasteiger partial charge is 0.896 e. The maximum absolute atomic E-state index is 8.38. The van der Waals surface area contributed by atoms with Crippen LogP contribution in [-0.4, -0.2) is 7.69 Å². The van der Waals surface area contributed by atoms with Crippen LogP contribution >= 0.6 is 0 Å². The van der Waals surface area contributed by atoms with Gasteiger partial charge in [-0.3, -0.25) is 0 Å². The topological polar surface area (TPSA) is 46.1 Å². The van der Waals surface area contributed by atoms with E-state index in [1.165, 1.54) is 0 Å². The molecule has 0 fully saturated rings. The summed E-state index contributed by atoms with van der Waals surface area (Å²) < 4.78 is 0. The molecule has 0 atom stereocenters. The zero-order valence-corrected chi connectivity index (χ0v) is 7.52. The standard InChI is InChI=1S/BHO2.2Na/c2-1-3;;/h1H;;/q-2;2*+1. The van der Waals surface area contributed by atoms with Gasteiger partial charge in [0.25, 0.3) is 0 Å². The molecule has 0 aliphatic rings. The average Bonchev–Trinajstić information content (AvgIpc) is 0.918. The molecule has 0 saturated carbocycles. The van der Waals surface area contributed by atoms with E-state index in [2.05, 4.69) is 0 Å². The molecule has 0 N–H and O–H groups in total. The van der Waals surface area contributed by atoms with Gasteiger partial charge in [-0.15, -0.1) is 7.69 Å². The molecule has 5 heteroatoms. The van der Waals surface area contributed by atoms with Gasteiger partial charge in [0.05, 0.1) is 0 Å². The molecule has 2 nitrogen and oxygen atoms in total. The van der Waals surface area contributed by atoms with Crippen LogP contribution in [0.15, 0.2) is 0 Å². The van der Waals surface area contributed by atoms with Crippen molar-refractivity contribution in [1.82, 2.24) is 0 Å². The van der Waals surface area contributed by atoms with Gasteiger partial charge in [0.2, 0.25) is 0 Å². The van der Waals surface area contributed by atoms with Crippen LogP contribution in [0.2, 0.25) is 0 Å². The number of hydrogen-bond donors (Lipinski definition) is 0. The SMILES string of the molecule is [Na+].[Na+].[O-]B[O-]. The minimum atomic E-state index is -1.25. The Kier molecular flexibility index (Phi) is 52.6. The first-order chi connectivity index (χ1) is 1.41. The monoisotopic (exact) mass is 90.0 g/mol. The van der Waals surface area contributed by atoms with E-state index in [0.29, 0.717) is 0 Å². The first-order valence-electron chi connectivity index (χ1n) is 0.577. The summed E-state index contributed by atoms with van der Waals surface area (Å²) in [5, 5.41) is 16.8. The molecule has 0 rings (SSSR count). The summed E-state index contributed by atoms with van der Waals surface area (Å²) in [6, 6.07) is 0. The van der Waals surface area contributed by atoms with Crippen molar-refractivity contribution in [3.63, 3.8) is 0 Å². The van der Waals surface area contributed by atoms with Crippen LogP contribution in [0.5, 0.6) is 0 Å². The molecule has 0 aromatic rings. The first-order valence-corrected chi connectivity index (χ1v) is 0.577. The fourth-order valence-corrected chi connectivity index (χ4v) is 0. The Balaban J connectivity index is -0.0000000200. The van der Waals surface area contributed by atoms with Gasteiger partial charge in [-0.1, -0.05) is 0 Å². The molecule has 5 heavy (non-hydrogen) atoms. The van der Waals surface area contributed by atoms with Crippen LogP contribution < -0.4 is 69.2 Å². The van der Waals surface area contributed by atoms with Crippen molar-refractivity contribution in [1.29, 1.82) is 0 Å². The van der Waals surface area contributed by atoms with Crippen LogP contribution in [0, 0.1) is 0 Å². The second kappa shape index (κ2) is 16.7. The maximum Gasteiger partial charge on any atom is 1.00 e. The van der Waals surface area contributed by atoms with E-state index >= 15 is 0 Å². The molecule has 0 aromatic carbocycles. The maximum atomic E-state index is 8.38. The van der Waals surface area contributed by atoms with Crippen LogP contribution in [0.4, 0.5) is 0 Å². The Bertz CT molecular complexity index is 7.61. The fourth-order valence-electron chi connectivity index (χ4n) is 0. The van der Waals surface area contributed by atoms with Crippen molar-refractivity contribution in [2.24, 2.45) is 0 Å². The molecule has 0 bridgehead atoms. The molecule has 0 amide bonds. The number of rotatable bonds is 0. The van der Waals surface area contributed by atoms with Crippen molar-refractivity contribution >= 4 is 7.69 Å². The third-order valence-electron chi connectivity index (χ3n) is 0. The predicted molar refractivity (Wildman–Crippen MR) is 7.15 cm³/mol. The molecule has 0 spiro atoms. The number of hydrogen-bond acceptors (Lipinski definition) is 2. The van der Waals surface area contributed by atoms with Crippen molar-refractivity contribution in [3.8, 4) is 0 Å². The van der Waals surface area contributed by atoms with Crippen molar-refractivity contribution in [2.75, 3.05) is 0 Å². The Morgan fingerprint density at radius 3 is 1.00 bits per heavy atom. The molecule has 0 aliphatic carbocycles. The van der Waals surface area contributed by atoms with E-state index in [9.17, 15) is 0 Å².